The molecule has 0 aliphatic carbocycles. The van der Waals surface area contributed by atoms with E-state index < -0.39 is 0 Å². The Balaban J connectivity index is -0.000000159. The molecular weight excluding hydrogens is 382 g/mol. The highest BCUT2D eigenvalue weighted by Gasteiger charge is 2.16. The number of rotatable bonds is 2. The Morgan fingerprint density at radius 2 is 1.10 bits per heavy atom. The highest BCUT2D eigenvalue weighted by Crippen LogP contribution is 2.05. The summed E-state index contributed by atoms with van der Waals surface area (Å²) in [5.74, 6) is 0. The predicted octanol–water partition coefficient (Wildman–Crippen LogP) is 2.92. The van der Waals surface area contributed by atoms with Gasteiger partial charge in [0.1, 0.15) is 0 Å². The number of ether oxygens (including phenoxy) is 3. The van der Waals surface area contributed by atoms with Crippen molar-refractivity contribution in [1.29, 1.82) is 0 Å². The lowest BCUT2D eigenvalue weighted by molar-refractivity contribution is -0.0453. The standard InChI is InChI=1S/C7H15NO.C6H13NO2.C6H13NO.4CH4/c1-3-7-6-8(2)4-5-9-7;1-7-2-3-9-6(4-7)5-8;1-6-5-7(2)3-4-8-6;;;;/h7H,3-6H2,1-2H3;6,8H,2-5H2,1H3;6H,3-5H2,1-2H3;4*1H4/t7-;2*6-;;;;/m010..../s1. The predicted molar refractivity (Wildman–Crippen MR) is 132 cm³/mol. The van der Waals surface area contributed by atoms with Crippen LogP contribution < -0.4 is 0 Å². The lowest BCUT2D eigenvalue weighted by Crippen LogP contribution is -2.41. The molecule has 0 aromatic rings. The molecule has 3 rings (SSSR count). The van der Waals surface area contributed by atoms with Gasteiger partial charge in [-0.15, -0.1) is 0 Å². The van der Waals surface area contributed by atoms with Gasteiger partial charge in [-0.3, -0.25) is 0 Å². The smallest absolute Gasteiger partial charge is 0.0932 e. The molecule has 0 spiro atoms. The van der Waals surface area contributed by atoms with Crippen LogP contribution >= 0.6 is 0 Å². The van der Waals surface area contributed by atoms with E-state index in [9.17, 15) is 0 Å². The van der Waals surface area contributed by atoms with Crippen LogP contribution in [0.3, 0.4) is 0 Å². The average Bonchev–Trinajstić information content (AvgIpc) is 2.62. The molecule has 3 heterocycles. The van der Waals surface area contributed by atoms with Crippen molar-refractivity contribution in [2.45, 2.75) is 68.3 Å². The maximum Gasteiger partial charge on any atom is 0.0932 e. The molecule has 7 nitrogen and oxygen atoms in total. The van der Waals surface area contributed by atoms with Crippen molar-refractivity contribution in [2.75, 3.05) is 86.8 Å². The Bertz CT molecular complexity index is 320. The van der Waals surface area contributed by atoms with E-state index in [4.69, 9.17) is 19.3 Å². The van der Waals surface area contributed by atoms with Gasteiger partial charge < -0.3 is 34.0 Å². The van der Waals surface area contributed by atoms with Crippen molar-refractivity contribution in [2.24, 2.45) is 0 Å². The van der Waals surface area contributed by atoms with Crippen molar-refractivity contribution < 1.29 is 19.3 Å². The van der Waals surface area contributed by atoms with E-state index in [0.717, 1.165) is 65.5 Å². The third kappa shape index (κ3) is 17.4. The minimum absolute atomic E-state index is 0. The van der Waals surface area contributed by atoms with Crippen LogP contribution in [0.4, 0.5) is 0 Å². The first-order chi connectivity index (χ1) is 12.4. The number of morpholine rings is 3. The molecule has 0 radical (unpaired) electrons. The van der Waals surface area contributed by atoms with Crippen molar-refractivity contribution in [1.82, 2.24) is 14.7 Å². The van der Waals surface area contributed by atoms with E-state index in [1.165, 1.54) is 0 Å². The monoisotopic (exact) mass is 439 g/mol. The Morgan fingerprint density at radius 3 is 1.37 bits per heavy atom. The molecule has 30 heavy (non-hydrogen) atoms. The van der Waals surface area contributed by atoms with Crippen LogP contribution in [0.5, 0.6) is 0 Å². The topological polar surface area (TPSA) is 57.6 Å². The van der Waals surface area contributed by atoms with Crippen molar-refractivity contribution in [3.63, 3.8) is 0 Å². The van der Waals surface area contributed by atoms with Crippen LogP contribution in [0.1, 0.15) is 50.0 Å². The van der Waals surface area contributed by atoms with Gasteiger partial charge in [0.15, 0.2) is 0 Å². The molecule has 1 N–H and O–H groups in total. The van der Waals surface area contributed by atoms with Gasteiger partial charge in [-0.05, 0) is 34.5 Å². The van der Waals surface area contributed by atoms with Gasteiger partial charge in [0.2, 0.25) is 0 Å². The van der Waals surface area contributed by atoms with Crippen LogP contribution in [0.25, 0.3) is 0 Å². The van der Waals surface area contributed by atoms with Gasteiger partial charge in [0, 0.05) is 39.3 Å². The fourth-order valence-corrected chi connectivity index (χ4v) is 3.08. The highest BCUT2D eigenvalue weighted by molar-refractivity contribution is 4.67. The molecule has 3 aliphatic rings. The Labute approximate surface area is 189 Å². The molecule has 7 heteroatoms. The van der Waals surface area contributed by atoms with E-state index in [0.29, 0.717) is 12.2 Å². The molecule has 0 aromatic carbocycles. The lowest BCUT2D eigenvalue weighted by Gasteiger charge is -2.29. The SMILES string of the molecule is C.C.C.C.CC[C@H]1CN(C)CCO1.CN1CCO[C@@H](CO)C1.C[C@H]1CN(C)CCO1. The first kappa shape index (κ1) is 37.1. The number of aliphatic hydroxyl groups excluding tert-OH is 1. The van der Waals surface area contributed by atoms with E-state index in [2.05, 4.69) is 42.6 Å². The molecule has 3 atom stereocenters. The van der Waals surface area contributed by atoms with E-state index in [-0.39, 0.29) is 42.4 Å². The number of hydrogen-bond acceptors (Lipinski definition) is 7. The zero-order valence-corrected chi connectivity index (χ0v) is 17.5. The van der Waals surface area contributed by atoms with Crippen molar-refractivity contribution >= 4 is 0 Å². The number of likely N-dealkylation sites (N-methyl/N-ethyl adjacent to an activating group) is 3. The van der Waals surface area contributed by atoms with Gasteiger partial charge in [-0.1, -0.05) is 36.6 Å². The van der Waals surface area contributed by atoms with E-state index >= 15 is 0 Å². The minimum Gasteiger partial charge on any atom is -0.394 e. The highest BCUT2D eigenvalue weighted by atomic mass is 16.5. The third-order valence-corrected chi connectivity index (χ3v) is 4.79. The Kier molecular flexibility index (Phi) is 27.1. The van der Waals surface area contributed by atoms with Gasteiger partial charge in [0.25, 0.3) is 0 Å². The summed E-state index contributed by atoms with van der Waals surface area (Å²) >= 11 is 0. The zero-order chi connectivity index (χ0) is 19.4. The van der Waals surface area contributed by atoms with Crippen LogP contribution in [0.15, 0.2) is 0 Å². The maximum atomic E-state index is 8.66. The van der Waals surface area contributed by atoms with Crippen LogP contribution in [0, 0.1) is 0 Å². The minimum atomic E-state index is 0. The lowest BCUT2D eigenvalue weighted by atomic mass is 10.2. The summed E-state index contributed by atoms with van der Waals surface area (Å²) in [6.45, 7) is 13.2. The van der Waals surface area contributed by atoms with Gasteiger partial charge in [0.05, 0.1) is 44.7 Å². The Morgan fingerprint density at radius 1 is 0.700 bits per heavy atom. The normalized spacial score (nSPS) is 27.2. The van der Waals surface area contributed by atoms with Gasteiger partial charge >= 0.3 is 0 Å². The molecule has 3 aliphatic heterocycles. The first-order valence-corrected chi connectivity index (χ1v) is 9.95. The molecule has 0 bridgehead atoms. The summed E-state index contributed by atoms with van der Waals surface area (Å²) < 4.78 is 16.0. The summed E-state index contributed by atoms with van der Waals surface area (Å²) in [5, 5.41) is 8.66. The summed E-state index contributed by atoms with van der Waals surface area (Å²) in [7, 11) is 6.30. The van der Waals surface area contributed by atoms with Crippen LogP contribution in [0.2, 0.25) is 0 Å². The third-order valence-electron chi connectivity index (χ3n) is 4.79. The van der Waals surface area contributed by atoms with Crippen molar-refractivity contribution in [3.8, 4) is 0 Å². The number of aliphatic hydroxyl groups is 1. The molecule has 0 amide bonds. The fraction of sp³-hybridized carbons (Fsp3) is 1.00. The zero-order valence-electron chi connectivity index (χ0n) is 17.5. The quantitative estimate of drug-likeness (QED) is 0.710. The first-order valence-electron chi connectivity index (χ1n) is 9.95. The van der Waals surface area contributed by atoms with E-state index in [1.807, 2.05) is 7.05 Å². The fourth-order valence-electron chi connectivity index (χ4n) is 3.08. The molecule has 0 aromatic heterocycles. The van der Waals surface area contributed by atoms with E-state index in [1.54, 1.807) is 0 Å². The molecule has 0 unspecified atom stereocenters. The summed E-state index contributed by atoms with van der Waals surface area (Å²) in [6.07, 6.45) is 2.12. The second-order valence-electron chi connectivity index (χ2n) is 7.54. The molecule has 0 saturated carbocycles. The summed E-state index contributed by atoms with van der Waals surface area (Å²) in [4.78, 5) is 6.76. The van der Waals surface area contributed by atoms with Crippen LogP contribution in [-0.2, 0) is 14.2 Å². The van der Waals surface area contributed by atoms with Crippen molar-refractivity contribution in [3.05, 3.63) is 0 Å². The summed E-state index contributed by atoms with van der Waals surface area (Å²) in [6, 6.07) is 0. The average molecular weight is 440 g/mol. The second-order valence-corrected chi connectivity index (χ2v) is 7.54. The van der Waals surface area contributed by atoms with Gasteiger partial charge in [-0.25, -0.2) is 0 Å². The van der Waals surface area contributed by atoms with Crippen LogP contribution in [-0.4, -0.2) is 125 Å². The Hall–Kier alpha value is -0.280. The molecular formula is C23H57N3O4. The molecule has 3 fully saturated rings. The maximum absolute atomic E-state index is 8.66. The number of hydrogen-bond donors (Lipinski definition) is 1. The second kappa shape index (κ2) is 21.9. The molecule has 3 saturated heterocycles. The molecule has 188 valence electrons. The summed E-state index contributed by atoms with van der Waals surface area (Å²) in [5.41, 5.74) is 0. The number of nitrogens with zero attached hydrogens (tertiary/aromatic N) is 3. The largest absolute Gasteiger partial charge is 0.394 e. The van der Waals surface area contributed by atoms with Gasteiger partial charge in [-0.2, -0.15) is 0 Å².